The largest absolute Gasteiger partial charge is 0.244 e. The van der Waals surface area contributed by atoms with Crippen molar-refractivity contribution in [1.82, 2.24) is 19.9 Å². The van der Waals surface area contributed by atoms with Gasteiger partial charge in [0.25, 0.3) is 0 Å². The van der Waals surface area contributed by atoms with Crippen LogP contribution in [0.25, 0.3) is 11.3 Å². The van der Waals surface area contributed by atoms with Gasteiger partial charge < -0.3 is 0 Å². The quantitative estimate of drug-likeness (QED) is 0.649. The molecule has 13 heavy (non-hydrogen) atoms. The molecule has 0 aromatic carbocycles. The van der Waals surface area contributed by atoms with E-state index in [0.717, 1.165) is 17.1 Å². The van der Waals surface area contributed by atoms with Gasteiger partial charge in [-0.15, -0.1) is 0 Å². The van der Waals surface area contributed by atoms with Crippen LogP contribution in [-0.2, 0) is 0 Å². The van der Waals surface area contributed by atoms with Gasteiger partial charge in [-0.05, 0) is 13.0 Å². The van der Waals surface area contributed by atoms with Crippen LogP contribution in [-0.4, -0.2) is 19.9 Å². The number of hydrogen-bond donors (Lipinski definition) is 0. The fourth-order valence-corrected chi connectivity index (χ4v) is 1.05. The van der Waals surface area contributed by atoms with E-state index in [9.17, 15) is 0 Å². The highest BCUT2D eigenvalue weighted by Gasteiger charge is 1.98. The molecule has 2 heterocycles. The first-order valence-electron chi connectivity index (χ1n) is 3.91. The van der Waals surface area contributed by atoms with E-state index >= 15 is 0 Å². The molecule has 2 rings (SSSR count). The molecule has 0 aliphatic heterocycles. The molecule has 2 aromatic rings. The lowest BCUT2D eigenvalue weighted by molar-refractivity contribution is 1.05. The first-order valence-corrected chi connectivity index (χ1v) is 3.91. The third kappa shape index (κ3) is 1.66. The zero-order valence-corrected chi connectivity index (χ0v) is 7.18. The molecule has 0 spiro atoms. The molecule has 0 radical (unpaired) electrons. The average Bonchev–Trinajstić information content (AvgIpc) is 2.19. The molecule has 0 aliphatic carbocycles. The Morgan fingerprint density at radius 2 is 1.92 bits per heavy atom. The normalized spacial score (nSPS) is 9.92. The minimum atomic E-state index is 0.751. The second-order valence-electron chi connectivity index (χ2n) is 2.62. The van der Waals surface area contributed by atoms with Gasteiger partial charge in [0.2, 0.25) is 0 Å². The van der Waals surface area contributed by atoms with Crippen LogP contribution < -0.4 is 0 Å². The van der Waals surface area contributed by atoms with Gasteiger partial charge in [0.05, 0.1) is 5.69 Å². The number of aryl methyl sites for hydroxylation is 1. The second-order valence-corrected chi connectivity index (χ2v) is 2.62. The first-order chi connectivity index (χ1) is 6.36. The Morgan fingerprint density at radius 1 is 1.15 bits per heavy atom. The highest BCUT2D eigenvalue weighted by molar-refractivity contribution is 5.55. The molecule has 4 nitrogen and oxygen atoms in total. The van der Waals surface area contributed by atoms with E-state index in [1.165, 1.54) is 6.33 Å². The topological polar surface area (TPSA) is 51.6 Å². The standard InChI is InChI=1S/C9H8N4/c1-7-12-3-2-9(13-7)8-4-10-6-11-5-8/h2-6H,1H3. The number of nitrogens with zero attached hydrogens (tertiary/aromatic N) is 4. The molecule has 0 N–H and O–H groups in total. The van der Waals surface area contributed by atoms with Crippen LogP contribution in [0.3, 0.4) is 0 Å². The van der Waals surface area contributed by atoms with E-state index in [4.69, 9.17) is 0 Å². The van der Waals surface area contributed by atoms with E-state index in [1.54, 1.807) is 18.6 Å². The van der Waals surface area contributed by atoms with Crippen LogP contribution in [0.2, 0.25) is 0 Å². The maximum Gasteiger partial charge on any atom is 0.125 e. The van der Waals surface area contributed by atoms with E-state index in [1.807, 2.05) is 13.0 Å². The van der Waals surface area contributed by atoms with E-state index in [2.05, 4.69) is 19.9 Å². The Labute approximate surface area is 75.7 Å². The van der Waals surface area contributed by atoms with Crippen molar-refractivity contribution in [2.75, 3.05) is 0 Å². The lowest BCUT2D eigenvalue weighted by Crippen LogP contribution is -1.90. The zero-order chi connectivity index (χ0) is 9.10. The molecule has 4 heteroatoms. The van der Waals surface area contributed by atoms with Crippen LogP contribution in [0.4, 0.5) is 0 Å². The Kier molecular flexibility index (Phi) is 1.96. The molecule has 64 valence electrons. The molecule has 0 aliphatic rings. The van der Waals surface area contributed by atoms with Gasteiger partial charge in [-0.25, -0.2) is 19.9 Å². The monoisotopic (exact) mass is 172 g/mol. The molecule has 0 fully saturated rings. The summed E-state index contributed by atoms with van der Waals surface area (Å²) in [6.07, 6.45) is 6.69. The Morgan fingerprint density at radius 3 is 2.62 bits per heavy atom. The van der Waals surface area contributed by atoms with Crippen molar-refractivity contribution in [2.24, 2.45) is 0 Å². The smallest absolute Gasteiger partial charge is 0.125 e. The van der Waals surface area contributed by atoms with Crippen molar-refractivity contribution in [3.05, 3.63) is 36.8 Å². The summed E-state index contributed by atoms with van der Waals surface area (Å²) in [7, 11) is 0. The molecule has 0 bridgehead atoms. The van der Waals surface area contributed by atoms with Gasteiger partial charge >= 0.3 is 0 Å². The highest BCUT2D eigenvalue weighted by Crippen LogP contribution is 2.12. The second kappa shape index (κ2) is 3.26. The lowest BCUT2D eigenvalue weighted by atomic mass is 10.2. The van der Waals surface area contributed by atoms with Crippen molar-refractivity contribution in [3.8, 4) is 11.3 Å². The Bertz CT molecular complexity index is 399. The maximum absolute atomic E-state index is 4.25. The van der Waals surface area contributed by atoms with Gasteiger partial charge in [-0.2, -0.15) is 0 Å². The molecule has 0 atom stereocenters. The summed E-state index contributed by atoms with van der Waals surface area (Å²) in [5.41, 5.74) is 1.76. The van der Waals surface area contributed by atoms with Crippen LogP contribution >= 0.6 is 0 Å². The third-order valence-electron chi connectivity index (χ3n) is 1.63. The molecular weight excluding hydrogens is 164 g/mol. The maximum atomic E-state index is 4.25. The van der Waals surface area contributed by atoms with Crippen molar-refractivity contribution < 1.29 is 0 Å². The highest BCUT2D eigenvalue weighted by atomic mass is 14.9. The van der Waals surface area contributed by atoms with Crippen molar-refractivity contribution in [1.29, 1.82) is 0 Å². The Balaban J connectivity index is 2.48. The summed E-state index contributed by atoms with van der Waals surface area (Å²) in [6, 6.07) is 1.84. The van der Waals surface area contributed by atoms with Gasteiger partial charge in [0, 0.05) is 24.2 Å². The summed E-state index contributed by atoms with van der Waals surface area (Å²) in [5.74, 6) is 0.751. The van der Waals surface area contributed by atoms with Gasteiger partial charge in [-0.3, -0.25) is 0 Å². The summed E-state index contributed by atoms with van der Waals surface area (Å²) >= 11 is 0. The van der Waals surface area contributed by atoms with Gasteiger partial charge in [0.1, 0.15) is 12.2 Å². The van der Waals surface area contributed by atoms with Gasteiger partial charge in [-0.1, -0.05) is 0 Å². The predicted octanol–water partition coefficient (Wildman–Crippen LogP) is 1.24. The summed E-state index contributed by atoms with van der Waals surface area (Å²) in [6.45, 7) is 1.85. The number of hydrogen-bond acceptors (Lipinski definition) is 4. The van der Waals surface area contributed by atoms with Crippen LogP contribution in [0, 0.1) is 6.92 Å². The molecule has 0 amide bonds. The molecule has 2 aromatic heterocycles. The van der Waals surface area contributed by atoms with Crippen molar-refractivity contribution in [2.45, 2.75) is 6.92 Å². The molecular formula is C9H8N4. The fourth-order valence-electron chi connectivity index (χ4n) is 1.05. The fraction of sp³-hybridized carbons (Fsp3) is 0.111. The van der Waals surface area contributed by atoms with E-state index < -0.39 is 0 Å². The average molecular weight is 172 g/mol. The van der Waals surface area contributed by atoms with E-state index in [0.29, 0.717) is 0 Å². The predicted molar refractivity (Wildman–Crippen MR) is 47.8 cm³/mol. The minimum absolute atomic E-state index is 0.751. The van der Waals surface area contributed by atoms with E-state index in [-0.39, 0.29) is 0 Å². The zero-order valence-electron chi connectivity index (χ0n) is 7.18. The first kappa shape index (κ1) is 7.79. The SMILES string of the molecule is Cc1nccc(-c2cncnc2)n1. The summed E-state index contributed by atoms with van der Waals surface area (Å²) in [4.78, 5) is 16.1. The lowest BCUT2D eigenvalue weighted by Gasteiger charge is -1.98. The number of rotatable bonds is 1. The van der Waals surface area contributed by atoms with Gasteiger partial charge in [0.15, 0.2) is 0 Å². The van der Waals surface area contributed by atoms with Crippen molar-refractivity contribution >= 4 is 0 Å². The number of aromatic nitrogens is 4. The van der Waals surface area contributed by atoms with Crippen LogP contribution in [0.15, 0.2) is 31.0 Å². The van der Waals surface area contributed by atoms with Crippen LogP contribution in [0.1, 0.15) is 5.82 Å². The molecule has 0 saturated heterocycles. The summed E-state index contributed by atoms with van der Waals surface area (Å²) in [5, 5.41) is 0. The molecule has 0 unspecified atom stereocenters. The minimum Gasteiger partial charge on any atom is -0.244 e. The molecule has 0 saturated carbocycles. The van der Waals surface area contributed by atoms with Crippen LogP contribution in [0.5, 0.6) is 0 Å². The third-order valence-corrected chi connectivity index (χ3v) is 1.63. The Hall–Kier alpha value is -1.84. The summed E-state index contributed by atoms with van der Waals surface area (Å²) < 4.78 is 0. The van der Waals surface area contributed by atoms with Crippen molar-refractivity contribution in [3.63, 3.8) is 0 Å².